The number of carboxylic acids is 1. The van der Waals surface area contributed by atoms with Gasteiger partial charge in [-0.2, -0.15) is 0 Å². The predicted molar refractivity (Wildman–Crippen MR) is 122 cm³/mol. The quantitative estimate of drug-likeness (QED) is 0.404. The molecule has 3 atom stereocenters. The van der Waals surface area contributed by atoms with E-state index in [1.54, 1.807) is 0 Å². The fourth-order valence-corrected chi connectivity index (χ4v) is 6.15. The second kappa shape index (κ2) is 7.64. The number of alkyl halides is 4. The van der Waals surface area contributed by atoms with Crippen LogP contribution in [0.2, 0.25) is 0 Å². The Labute approximate surface area is 192 Å². The Morgan fingerprint density at radius 3 is 2.57 bits per heavy atom. The molecule has 0 aliphatic heterocycles. The Kier molecular flexibility index (Phi) is 6.06. The zero-order valence-electron chi connectivity index (χ0n) is 15.9. The van der Waals surface area contributed by atoms with Gasteiger partial charge in [0.25, 0.3) is 0 Å². The van der Waals surface area contributed by atoms with Gasteiger partial charge in [-0.3, -0.25) is 4.79 Å². The summed E-state index contributed by atoms with van der Waals surface area (Å²) in [5.74, 6) is -1.06. The molecule has 1 aromatic carbocycles. The van der Waals surface area contributed by atoms with Gasteiger partial charge in [0.2, 0.25) is 0 Å². The molecule has 152 valence electrons. The highest BCUT2D eigenvalue weighted by molar-refractivity contribution is 9.13. The number of hydrogen-bond acceptors (Lipinski definition) is 1. The third-order valence-corrected chi connectivity index (χ3v) is 9.42. The molecule has 1 N–H and O–H groups in total. The minimum absolute atomic E-state index is 0.227. The van der Waals surface area contributed by atoms with Crippen LogP contribution in [0.5, 0.6) is 0 Å². The molecule has 1 saturated carbocycles. The van der Waals surface area contributed by atoms with Crippen LogP contribution in [0.15, 0.2) is 42.7 Å². The van der Waals surface area contributed by atoms with Crippen LogP contribution in [0.1, 0.15) is 30.5 Å². The van der Waals surface area contributed by atoms with Gasteiger partial charge in [-0.25, -0.2) is 0 Å². The number of carbonyl (C=O) groups is 1. The lowest BCUT2D eigenvalue weighted by atomic mass is 9.95. The normalized spacial score (nSPS) is 24.8. The Bertz CT molecular complexity index is 891. The van der Waals surface area contributed by atoms with E-state index in [9.17, 15) is 9.90 Å². The molecule has 0 spiro atoms. The van der Waals surface area contributed by atoms with Crippen molar-refractivity contribution >= 4 is 61.0 Å². The summed E-state index contributed by atoms with van der Waals surface area (Å²) in [6, 6.07) is 10.5. The van der Waals surface area contributed by atoms with Crippen LogP contribution in [0.4, 0.5) is 0 Å². The van der Waals surface area contributed by atoms with Gasteiger partial charge in [0.1, 0.15) is 0 Å². The summed E-state index contributed by atoms with van der Waals surface area (Å²) in [6.07, 6.45) is 4.80. The summed E-state index contributed by atoms with van der Waals surface area (Å²) in [7, 11) is 0. The molecule has 28 heavy (non-hydrogen) atoms. The summed E-state index contributed by atoms with van der Waals surface area (Å²) < 4.78 is 0.734. The first kappa shape index (κ1) is 22.2. The maximum Gasteiger partial charge on any atom is 0.312 e. The van der Waals surface area contributed by atoms with Gasteiger partial charge in [0.05, 0.1) is 10.2 Å². The van der Waals surface area contributed by atoms with E-state index < -0.39 is 24.9 Å². The predicted octanol–water partition coefficient (Wildman–Crippen LogP) is 6.40. The van der Waals surface area contributed by atoms with Crippen molar-refractivity contribution in [2.75, 3.05) is 0 Å². The number of rotatable bonds is 7. The lowest BCUT2D eigenvalue weighted by molar-refractivity contribution is -0.145. The summed E-state index contributed by atoms with van der Waals surface area (Å²) >= 11 is 19.2. The van der Waals surface area contributed by atoms with Crippen LogP contribution in [0, 0.1) is 23.7 Å². The number of nitrogens with zero attached hydrogens (tertiary/aromatic N) is 1. The molecule has 7 heteroatoms. The van der Waals surface area contributed by atoms with Crippen molar-refractivity contribution in [2.45, 2.75) is 41.8 Å². The topological polar surface area (TPSA) is 42.2 Å². The number of hydrogen-bond donors (Lipinski definition) is 1. The lowest BCUT2D eigenvalue weighted by Gasteiger charge is -2.22. The van der Waals surface area contributed by atoms with Crippen molar-refractivity contribution in [1.29, 1.82) is 0 Å². The van der Waals surface area contributed by atoms with E-state index in [1.165, 1.54) is 11.1 Å². The Balaban J connectivity index is 1.83. The third kappa shape index (κ3) is 3.92. The number of carboxylic acid groups (broad SMARTS) is 1. The van der Waals surface area contributed by atoms with Crippen molar-refractivity contribution in [3.63, 3.8) is 0 Å². The van der Waals surface area contributed by atoms with E-state index >= 15 is 0 Å². The van der Waals surface area contributed by atoms with E-state index in [1.807, 2.05) is 36.9 Å². The van der Waals surface area contributed by atoms with Crippen LogP contribution < -0.4 is 0 Å². The van der Waals surface area contributed by atoms with Crippen LogP contribution in [0.25, 0.3) is 0 Å². The number of aromatic nitrogens is 1. The molecule has 1 aliphatic carbocycles. The minimum atomic E-state index is -1.24. The summed E-state index contributed by atoms with van der Waals surface area (Å²) in [6.45, 7) is 6.37. The number of benzene rings is 1. The average molecular weight is 552 g/mol. The zero-order chi connectivity index (χ0) is 20.9. The van der Waals surface area contributed by atoms with Gasteiger partial charge in [-0.05, 0) is 57.8 Å². The van der Waals surface area contributed by atoms with Gasteiger partial charge < -0.3 is 9.67 Å². The molecule has 2 aromatic rings. The number of aryl methyl sites for hydroxylation is 1. The standard InChI is InChI=1S/C21H23Br2Cl2NO2/c1-13-5-4-6-14(9-13)10-15-7-8-26(11-15)12-20(18(27)28)16(19(20,2)3)17(22)21(23,24)25/h4-9,11,16-17H,10,12H2,1-3H3,(H,27,28). The van der Waals surface area contributed by atoms with Gasteiger partial charge in [0.15, 0.2) is 3.24 Å². The van der Waals surface area contributed by atoms with Crippen molar-refractivity contribution < 1.29 is 9.90 Å². The average Bonchev–Trinajstić information content (AvgIpc) is 2.85. The van der Waals surface area contributed by atoms with Crippen LogP contribution >= 0.6 is 55.1 Å². The van der Waals surface area contributed by atoms with Crippen LogP contribution in [-0.2, 0) is 17.8 Å². The molecule has 1 heterocycles. The summed E-state index contributed by atoms with van der Waals surface area (Å²) in [5, 5.41) is 10.1. The SMILES string of the molecule is Cc1cccc(Cc2ccn(CC3(C(=O)O)C(C(Br)C(Cl)(Cl)Br)C3(C)C)c2)c1. The molecule has 0 saturated heterocycles. The molecule has 3 rings (SSSR count). The number of halogens is 4. The van der Waals surface area contributed by atoms with Crippen molar-refractivity contribution in [2.24, 2.45) is 16.7 Å². The first-order valence-corrected chi connectivity index (χ1v) is 11.5. The second-order valence-electron chi connectivity index (χ2n) is 8.28. The highest BCUT2D eigenvalue weighted by Gasteiger charge is 2.79. The molecule has 1 fully saturated rings. The largest absolute Gasteiger partial charge is 0.481 e. The van der Waals surface area contributed by atoms with E-state index in [2.05, 4.69) is 63.0 Å². The summed E-state index contributed by atoms with van der Waals surface area (Å²) in [5.41, 5.74) is 2.21. The Morgan fingerprint density at radius 1 is 1.32 bits per heavy atom. The molecule has 3 nitrogen and oxygen atoms in total. The first-order valence-electron chi connectivity index (χ1n) is 9.04. The van der Waals surface area contributed by atoms with Gasteiger partial charge in [0, 0.05) is 18.9 Å². The Morgan fingerprint density at radius 2 is 2.00 bits per heavy atom. The minimum Gasteiger partial charge on any atom is -0.481 e. The fraction of sp³-hybridized carbons (Fsp3) is 0.476. The van der Waals surface area contributed by atoms with E-state index in [0.29, 0.717) is 6.54 Å². The maximum absolute atomic E-state index is 12.3. The van der Waals surface area contributed by atoms with Gasteiger partial charge in [-0.1, -0.05) is 82.8 Å². The van der Waals surface area contributed by atoms with Crippen molar-refractivity contribution in [3.05, 3.63) is 59.4 Å². The van der Waals surface area contributed by atoms with Crippen LogP contribution in [-0.4, -0.2) is 23.7 Å². The molecule has 0 radical (unpaired) electrons. The highest BCUT2D eigenvalue weighted by Crippen LogP contribution is 2.74. The summed E-state index contributed by atoms with van der Waals surface area (Å²) in [4.78, 5) is 11.9. The lowest BCUT2D eigenvalue weighted by Crippen LogP contribution is -2.30. The third-order valence-electron chi connectivity index (χ3n) is 6.10. The Hall–Kier alpha value is -0.490. The van der Waals surface area contributed by atoms with E-state index in [4.69, 9.17) is 23.2 Å². The smallest absolute Gasteiger partial charge is 0.312 e. The molecule has 0 amide bonds. The van der Waals surface area contributed by atoms with E-state index in [-0.39, 0.29) is 5.92 Å². The fourth-order valence-electron chi connectivity index (χ4n) is 4.52. The van der Waals surface area contributed by atoms with Gasteiger partial charge in [-0.15, -0.1) is 0 Å². The highest BCUT2D eigenvalue weighted by atomic mass is 79.9. The first-order chi connectivity index (χ1) is 12.9. The monoisotopic (exact) mass is 549 g/mol. The molecule has 1 aromatic heterocycles. The van der Waals surface area contributed by atoms with Crippen molar-refractivity contribution in [3.8, 4) is 0 Å². The van der Waals surface area contributed by atoms with E-state index in [0.717, 1.165) is 12.0 Å². The molecule has 0 bridgehead atoms. The molecular formula is C21H23Br2Cl2NO2. The molecule has 3 unspecified atom stereocenters. The van der Waals surface area contributed by atoms with Crippen molar-refractivity contribution in [1.82, 2.24) is 4.57 Å². The van der Waals surface area contributed by atoms with Crippen LogP contribution in [0.3, 0.4) is 0 Å². The zero-order valence-corrected chi connectivity index (χ0v) is 20.6. The molecular weight excluding hydrogens is 529 g/mol. The maximum atomic E-state index is 12.3. The number of aliphatic carboxylic acids is 1. The van der Waals surface area contributed by atoms with Gasteiger partial charge >= 0.3 is 5.97 Å². The second-order valence-corrected chi connectivity index (χ2v) is 12.8. The molecule has 1 aliphatic rings.